The summed E-state index contributed by atoms with van der Waals surface area (Å²) in [7, 11) is 0. The largest absolute Gasteiger partial charge is 0.507 e. The monoisotopic (exact) mass is 270 g/mol. The van der Waals surface area contributed by atoms with Crippen molar-refractivity contribution >= 4 is 5.78 Å². The molecule has 1 N–H and O–H groups in total. The number of ketones is 1. The molecule has 0 saturated carbocycles. The van der Waals surface area contributed by atoms with Crippen molar-refractivity contribution in [3.05, 3.63) is 64.2 Å². The van der Waals surface area contributed by atoms with Gasteiger partial charge in [-0.2, -0.15) is 0 Å². The van der Waals surface area contributed by atoms with Crippen molar-refractivity contribution in [3.63, 3.8) is 0 Å². The van der Waals surface area contributed by atoms with Crippen LogP contribution in [0.25, 0.3) is 0 Å². The third kappa shape index (κ3) is 3.47. The molecular weight excluding hydrogens is 248 g/mol. The average molecular weight is 270 g/mol. The van der Waals surface area contributed by atoms with E-state index in [-0.39, 0.29) is 11.5 Å². The van der Waals surface area contributed by atoms with Crippen molar-refractivity contribution in [2.45, 2.75) is 34.6 Å². The second-order valence-corrected chi connectivity index (χ2v) is 4.67. The Morgan fingerprint density at radius 2 is 1.35 bits per heavy atom. The Kier molecular flexibility index (Phi) is 5.51. The van der Waals surface area contributed by atoms with E-state index in [9.17, 15) is 9.90 Å². The third-order valence-corrected chi connectivity index (χ3v) is 3.02. The van der Waals surface area contributed by atoms with Gasteiger partial charge in [-0.05, 0) is 44.0 Å². The molecule has 0 aliphatic carbocycles. The fourth-order valence-electron chi connectivity index (χ4n) is 2.05. The van der Waals surface area contributed by atoms with Crippen LogP contribution in [0, 0.1) is 20.8 Å². The van der Waals surface area contributed by atoms with Crippen LogP contribution in [0.15, 0.2) is 36.4 Å². The number of aromatic hydroxyl groups is 1. The summed E-state index contributed by atoms with van der Waals surface area (Å²) in [6.07, 6.45) is 0. The Bertz CT molecular complexity index is 559. The third-order valence-electron chi connectivity index (χ3n) is 3.02. The maximum Gasteiger partial charge on any atom is 0.197 e. The van der Waals surface area contributed by atoms with Crippen LogP contribution >= 0.6 is 0 Å². The molecule has 0 spiro atoms. The summed E-state index contributed by atoms with van der Waals surface area (Å²) in [4.78, 5) is 12.4. The van der Waals surface area contributed by atoms with Gasteiger partial charge in [0.25, 0.3) is 0 Å². The molecule has 0 radical (unpaired) electrons. The Hall–Kier alpha value is -2.09. The van der Waals surface area contributed by atoms with Crippen LogP contribution in [0.2, 0.25) is 0 Å². The number of phenols is 1. The van der Waals surface area contributed by atoms with Gasteiger partial charge >= 0.3 is 0 Å². The Balaban J connectivity index is 0.000000956. The molecule has 0 fully saturated rings. The molecule has 0 atom stereocenters. The van der Waals surface area contributed by atoms with Crippen molar-refractivity contribution in [1.29, 1.82) is 0 Å². The number of aryl methyl sites for hydroxylation is 3. The van der Waals surface area contributed by atoms with E-state index in [1.807, 2.05) is 58.9 Å². The van der Waals surface area contributed by atoms with Crippen LogP contribution in [0.4, 0.5) is 0 Å². The van der Waals surface area contributed by atoms with Gasteiger partial charge < -0.3 is 5.11 Å². The van der Waals surface area contributed by atoms with E-state index in [2.05, 4.69) is 0 Å². The summed E-state index contributed by atoms with van der Waals surface area (Å²) < 4.78 is 0. The molecule has 0 heterocycles. The molecule has 0 aliphatic heterocycles. The number of carbonyl (C=O) groups is 1. The lowest BCUT2D eigenvalue weighted by atomic mass is 9.96. The number of carbonyl (C=O) groups excluding carboxylic acids is 1. The van der Waals surface area contributed by atoms with E-state index in [1.165, 1.54) is 0 Å². The lowest BCUT2D eigenvalue weighted by Gasteiger charge is -2.08. The molecular formula is C18H22O2. The predicted molar refractivity (Wildman–Crippen MR) is 83.5 cm³/mol. The van der Waals surface area contributed by atoms with Crippen LogP contribution in [0.3, 0.4) is 0 Å². The standard InChI is InChI=1S/C16H16O2.C2H6/c1-10-4-6-13(12(3)8-10)16(18)14-7-5-11(2)9-15(14)17;1-2/h4-9,17H,1-3H3;1-2H3. The molecule has 2 aromatic carbocycles. The van der Waals surface area contributed by atoms with Crippen molar-refractivity contribution in [2.24, 2.45) is 0 Å². The zero-order valence-electron chi connectivity index (χ0n) is 12.8. The topological polar surface area (TPSA) is 37.3 Å². The summed E-state index contributed by atoms with van der Waals surface area (Å²) in [5, 5.41) is 9.85. The first-order valence-corrected chi connectivity index (χ1v) is 6.90. The molecule has 106 valence electrons. The van der Waals surface area contributed by atoms with E-state index in [0.29, 0.717) is 11.1 Å². The second-order valence-electron chi connectivity index (χ2n) is 4.67. The first kappa shape index (κ1) is 16.0. The summed E-state index contributed by atoms with van der Waals surface area (Å²) in [5.74, 6) is -0.0926. The summed E-state index contributed by atoms with van der Waals surface area (Å²) in [6, 6.07) is 10.8. The Labute approximate surface area is 121 Å². The number of phenolic OH excluding ortho intramolecular Hbond substituents is 1. The first-order valence-electron chi connectivity index (χ1n) is 6.90. The van der Waals surface area contributed by atoms with Gasteiger partial charge in [-0.3, -0.25) is 4.79 Å². The maximum atomic E-state index is 12.4. The van der Waals surface area contributed by atoms with E-state index in [4.69, 9.17) is 0 Å². The zero-order chi connectivity index (χ0) is 15.3. The number of benzene rings is 2. The second kappa shape index (κ2) is 6.90. The van der Waals surface area contributed by atoms with Gasteiger partial charge in [-0.15, -0.1) is 0 Å². The van der Waals surface area contributed by atoms with Crippen molar-refractivity contribution in [2.75, 3.05) is 0 Å². The summed E-state index contributed by atoms with van der Waals surface area (Å²) >= 11 is 0. The molecule has 0 unspecified atom stereocenters. The van der Waals surface area contributed by atoms with E-state index >= 15 is 0 Å². The minimum absolute atomic E-state index is 0.0416. The van der Waals surface area contributed by atoms with Gasteiger partial charge in [0.2, 0.25) is 0 Å². The van der Waals surface area contributed by atoms with Gasteiger partial charge in [0.05, 0.1) is 5.56 Å². The van der Waals surface area contributed by atoms with Crippen LogP contribution in [-0.2, 0) is 0 Å². The van der Waals surface area contributed by atoms with Crippen LogP contribution in [0.5, 0.6) is 5.75 Å². The van der Waals surface area contributed by atoms with Gasteiger partial charge in [0.15, 0.2) is 5.78 Å². The molecule has 0 amide bonds. The number of hydrogen-bond acceptors (Lipinski definition) is 2. The molecule has 0 saturated heterocycles. The Morgan fingerprint density at radius 3 is 1.85 bits per heavy atom. The predicted octanol–water partition coefficient (Wildman–Crippen LogP) is 4.57. The van der Waals surface area contributed by atoms with Crippen molar-refractivity contribution in [3.8, 4) is 5.75 Å². The summed E-state index contributed by atoms with van der Waals surface area (Å²) in [6.45, 7) is 9.78. The molecule has 0 bridgehead atoms. The van der Waals surface area contributed by atoms with Gasteiger partial charge in [0.1, 0.15) is 5.75 Å². The molecule has 0 aliphatic rings. The lowest BCUT2D eigenvalue weighted by molar-refractivity contribution is 0.103. The van der Waals surface area contributed by atoms with Crippen molar-refractivity contribution in [1.82, 2.24) is 0 Å². The molecule has 0 aromatic heterocycles. The average Bonchev–Trinajstić information content (AvgIpc) is 2.40. The molecule has 2 nitrogen and oxygen atoms in total. The van der Waals surface area contributed by atoms with Crippen LogP contribution in [0.1, 0.15) is 46.5 Å². The lowest BCUT2D eigenvalue weighted by Crippen LogP contribution is -2.04. The van der Waals surface area contributed by atoms with E-state index in [1.54, 1.807) is 12.1 Å². The van der Waals surface area contributed by atoms with E-state index in [0.717, 1.165) is 16.7 Å². The highest BCUT2D eigenvalue weighted by atomic mass is 16.3. The quantitative estimate of drug-likeness (QED) is 0.811. The molecule has 20 heavy (non-hydrogen) atoms. The van der Waals surface area contributed by atoms with E-state index < -0.39 is 0 Å². The highest BCUT2D eigenvalue weighted by Crippen LogP contribution is 2.23. The highest BCUT2D eigenvalue weighted by molar-refractivity contribution is 6.11. The Morgan fingerprint density at radius 1 is 0.850 bits per heavy atom. The van der Waals surface area contributed by atoms with Crippen LogP contribution in [-0.4, -0.2) is 10.9 Å². The smallest absolute Gasteiger partial charge is 0.197 e. The fourth-order valence-corrected chi connectivity index (χ4v) is 2.05. The first-order chi connectivity index (χ1) is 9.49. The minimum Gasteiger partial charge on any atom is -0.507 e. The molecule has 2 aromatic rings. The van der Waals surface area contributed by atoms with Gasteiger partial charge in [-0.1, -0.05) is 43.7 Å². The zero-order valence-corrected chi connectivity index (χ0v) is 12.8. The number of rotatable bonds is 2. The molecule has 2 heteroatoms. The van der Waals surface area contributed by atoms with Crippen molar-refractivity contribution < 1.29 is 9.90 Å². The minimum atomic E-state index is -0.134. The number of hydrogen-bond donors (Lipinski definition) is 1. The van der Waals surface area contributed by atoms with Crippen LogP contribution < -0.4 is 0 Å². The highest BCUT2D eigenvalue weighted by Gasteiger charge is 2.15. The van der Waals surface area contributed by atoms with Gasteiger partial charge in [0, 0.05) is 5.56 Å². The summed E-state index contributed by atoms with van der Waals surface area (Å²) in [5.41, 5.74) is 3.98. The van der Waals surface area contributed by atoms with Gasteiger partial charge in [-0.25, -0.2) is 0 Å². The maximum absolute atomic E-state index is 12.4. The SMILES string of the molecule is CC.Cc1ccc(C(=O)c2ccc(C)cc2O)c(C)c1. The normalized spacial score (nSPS) is 9.65. The fraction of sp³-hybridized carbons (Fsp3) is 0.278. The molecule has 2 rings (SSSR count).